The van der Waals surface area contributed by atoms with Crippen LogP contribution in [0.25, 0.3) is 11.1 Å². The molecule has 3 heteroatoms. The minimum Gasteiger partial charge on any atom is -0.857 e. The van der Waals surface area contributed by atoms with E-state index in [1.807, 2.05) is 35.0 Å². The van der Waals surface area contributed by atoms with Crippen LogP contribution >= 0.6 is 0 Å². The van der Waals surface area contributed by atoms with E-state index in [4.69, 9.17) is 0 Å². The normalized spacial score (nSPS) is 18.1. The lowest BCUT2D eigenvalue weighted by Crippen LogP contribution is -2.19. The van der Waals surface area contributed by atoms with E-state index in [1.54, 1.807) is 0 Å². The Bertz CT molecular complexity index is 987. The van der Waals surface area contributed by atoms with Gasteiger partial charge >= 0.3 is 0 Å². The van der Waals surface area contributed by atoms with Crippen molar-refractivity contribution in [2.24, 2.45) is 5.10 Å². The monoisotopic (exact) mass is 324 g/mol. The summed E-state index contributed by atoms with van der Waals surface area (Å²) in [6.45, 7) is 0. The van der Waals surface area contributed by atoms with Crippen molar-refractivity contribution in [3.05, 3.63) is 95.6 Å². The maximum Gasteiger partial charge on any atom is 0.248 e. The third-order valence-corrected chi connectivity index (χ3v) is 4.95. The summed E-state index contributed by atoms with van der Waals surface area (Å²) >= 11 is 0. The van der Waals surface area contributed by atoms with Crippen molar-refractivity contribution >= 4 is 11.6 Å². The van der Waals surface area contributed by atoms with Crippen molar-refractivity contribution in [1.29, 1.82) is 0 Å². The Morgan fingerprint density at radius 2 is 1.24 bits per heavy atom. The Balaban J connectivity index is 1.81. The lowest BCUT2D eigenvalue weighted by Gasteiger charge is -2.08. The van der Waals surface area contributed by atoms with Crippen molar-refractivity contribution < 1.29 is 9.79 Å². The van der Waals surface area contributed by atoms with Gasteiger partial charge in [0.05, 0.1) is 17.5 Å². The molecule has 0 fully saturated rings. The van der Waals surface area contributed by atoms with Crippen LogP contribution in [0.3, 0.4) is 0 Å². The molecule has 3 nitrogen and oxygen atoms in total. The fraction of sp³-hybridized carbons (Fsp3) is 0.0909. The topological polar surface area (TPSA) is 38.4 Å². The van der Waals surface area contributed by atoms with Gasteiger partial charge < -0.3 is 5.11 Å². The molecule has 3 aromatic carbocycles. The van der Waals surface area contributed by atoms with Gasteiger partial charge in [-0.05, 0) is 28.4 Å². The quantitative estimate of drug-likeness (QED) is 0.495. The van der Waals surface area contributed by atoms with Crippen LogP contribution in [-0.2, 0) is 0 Å². The summed E-state index contributed by atoms with van der Waals surface area (Å²) in [5.74, 6) is -0.0665. The van der Waals surface area contributed by atoms with Gasteiger partial charge in [0.2, 0.25) is 11.8 Å². The zero-order valence-corrected chi connectivity index (χ0v) is 13.6. The minimum atomic E-state index is -0.0665. The maximum absolute atomic E-state index is 12.2. The molecule has 120 valence electrons. The van der Waals surface area contributed by atoms with Crippen LogP contribution in [0, 0.1) is 0 Å². The van der Waals surface area contributed by atoms with E-state index in [0.29, 0.717) is 6.42 Å². The summed E-state index contributed by atoms with van der Waals surface area (Å²) in [7, 11) is 0. The van der Waals surface area contributed by atoms with Crippen LogP contribution in [0.1, 0.15) is 29.2 Å². The average Bonchev–Trinajstić information content (AvgIpc) is 3.20. The fourth-order valence-electron chi connectivity index (χ4n) is 3.86. The Hall–Kier alpha value is -3.20. The largest absolute Gasteiger partial charge is 0.857 e. The highest BCUT2D eigenvalue weighted by Gasteiger charge is 2.39. The Kier molecular flexibility index (Phi) is 3.07. The second-order valence-electron chi connectivity index (χ2n) is 6.41. The van der Waals surface area contributed by atoms with E-state index < -0.39 is 0 Å². The van der Waals surface area contributed by atoms with Gasteiger partial charge in [-0.25, -0.2) is 0 Å². The van der Waals surface area contributed by atoms with E-state index in [2.05, 4.69) is 53.6 Å². The smallest absolute Gasteiger partial charge is 0.248 e. The summed E-state index contributed by atoms with van der Waals surface area (Å²) < 4.78 is 1.93. The van der Waals surface area contributed by atoms with Crippen molar-refractivity contribution in [2.45, 2.75) is 12.5 Å². The molecule has 3 aromatic rings. The van der Waals surface area contributed by atoms with Gasteiger partial charge in [0.15, 0.2) is 0 Å². The molecule has 1 aliphatic carbocycles. The molecule has 5 rings (SSSR count). The van der Waals surface area contributed by atoms with Crippen LogP contribution in [0.4, 0.5) is 0 Å². The molecule has 0 N–H and O–H groups in total. The predicted octanol–water partition coefficient (Wildman–Crippen LogP) is 3.34. The number of hydrogen-bond acceptors (Lipinski definition) is 2. The van der Waals surface area contributed by atoms with Gasteiger partial charge in [-0.3, -0.25) is 0 Å². The molecule has 1 atom stereocenters. The second kappa shape index (κ2) is 5.42. The first kappa shape index (κ1) is 14.2. The van der Waals surface area contributed by atoms with Crippen LogP contribution < -0.4 is 5.11 Å². The lowest BCUT2D eigenvalue weighted by molar-refractivity contribution is -0.567. The zero-order valence-electron chi connectivity index (χ0n) is 13.6. The molecule has 0 amide bonds. The number of hydrogen-bond donors (Lipinski definition) is 0. The first-order valence-corrected chi connectivity index (χ1v) is 8.48. The molecule has 0 bridgehead atoms. The van der Waals surface area contributed by atoms with Gasteiger partial charge in [-0.1, -0.05) is 71.4 Å². The number of benzene rings is 3. The van der Waals surface area contributed by atoms with Crippen LogP contribution in [0.15, 0.2) is 84.0 Å². The SMILES string of the molecule is [O-]C1=N[N+](=C2c3ccccc3-c3ccccc32)[C@@H](c2ccccc2)C1. The van der Waals surface area contributed by atoms with Crippen LogP contribution in [0.2, 0.25) is 0 Å². The van der Waals surface area contributed by atoms with Crippen molar-refractivity contribution in [2.75, 3.05) is 0 Å². The molecule has 0 saturated heterocycles. The molecule has 0 saturated carbocycles. The highest BCUT2D eigenvalue weighted by atomic mass is 16.3. The summed E-state index contributed by atoms with van der Waals surface area (Å²) in [4.78, 5) is 0. The molecule has 25 heavy (non-hydrogen) atoms. The van der Waals surface area contributed by atoms with Crippen molar-refractivity contribution in [1.82, 2.24) is 0 Å². The standard InChI is InChI=1S/C22H16N2O/c25-21-14-20(15-8-2-1-3-9-15)24(23-21)22-18-12-6-4-10-16(18)17-11-5-7-13-19(17)22/h1-13,20H,14H2/t20-/m1/s1. The highest BCUT2D eigenvalue weighted by Crippen LogP contribution is 2.39. The molecule has 0 unspecified atom stereocenters. The number of nitrogens with zero attached hydrogens (tertiary/aromatic N) is 2. The Labute approximate surface area is 146 Å². The van der Waals surface area contributed by atoms with Gasteiger partial charge in [-0.2, -0.15) is 0 Å². The minimum absolute atomic E-state index is 0.0529. The van der Waals surface area contributed by atoms with E-state index in [-0.39, 0.29) is 11.9 Å². The van der Waals surface area contributed by atoms with Crippen LogP contribution in [-0.4, -0.2) is 16.3 Å². The van der Waals surface area contributed by atoms with Gasteiger partial charge in [0.25, 0.3) is 0 Å². The van der Waals surface area contributed by atoms with Crippen molar-refractivity contribution in [3.63, 3.8) is 0 Å². The summed E-state index contributed by atoms with van der Waals surface area (Å²) in [5.41, 5.74) is 6.84. The third-order valence-electron chi connectivity index (χ3n) is 4.95. The Morgan fingerprint density at radius 1 is 0.720 bits per heavy atom. The fourth-order valence-corrected chi connectivity index (χ4v) is 3.86. The number of fused-ring (bicyclic) bond motifs is 3. The maximum atomic E-state index is 12.2. The molecule has 0 spiro atoms. The molecular formula is C22H16N2O. The summed E-state index contributed by atoms with van der Waals surface area (Å²) in [6.07, 6.45) is 0.415. The summed E-state index contributed by atoms with van der Waals surface area (Å²) in [5, 5.41) is 16.6. The molecule has 1 heterocycles. The highest BCUT2D eigenvalue weighted by molar-refractivity contribution is 6.22. The molecule has 2 aliphatic rings. The van der Waals surface area contributed by atoms with E-state index in [1.165, 1.54) is 11.1 Å². The van der Waals surface area contributed by atoms with Gasteiger partial charge in [-0.15, -0.1) is 0 Å². The number of hydrazone groups is 1. The molecule has 0 aromatic heterocycles. The number of rotatable bonds is 1. The first-order valence-electron chi connectivity index (χ1n) is 8.48. The third kappa shape index (κ3) is 2.13. The lowest BCUT2D eigenvalue weighted by atomic mass is 10.0. The predicted molar refractivity (Wildman–Crippen MR) is 96.6 cm³/mol. The van der Waals surface area contributed by atoms with E-state index in [0.717, 1.165) is 22.4 Å². The molecular weight excluding hydrogens is 308 g/mol. The second-order valence-corrected chi connectivity index (χ2v) is 6.41. The molecule has 0 radical (unpaired) electrons. The van der Waals surface area contributed by atoms with Crippen LogP contribution in [0.5, 0.6) is 0 Å². The summed E-state index contributed by atoms with van der Waals surface area (Å²) in [6, 6.07) is 26.8. The van der Waals surface area contributed by atoms with E-state index >= 15 is 0 Å². The Morgan fingerprint density at radius 3 is 1.84 bits per heavy atom. The van der Waals surface area contributed by atoms with Gasteiger partial charge in [0, 0.05) is 11.5 Å². The zero-order chi connectivity index (χ0) is 16.8. The average molecular weight is 324 g/mol. The van der Waals surface area contributed by atoms with Crippen molar-refractivity contribution in [3.8, 4) is 11.1 Å². The van der Waals surface area contributed by atoms with Gasteiger partial charge in [0.1, 0.15) is 0 Å². The van der Waals surface area contributed by atoms with E-state index in [9.17, 15) is 5.11 Å². The molecule has 1 aliphatic heterocycles. The first-order chi connectivity index (χ1) is 12.3.